The summed E-state index contributed by atoms with van der Waals surface area (Å²) >= 11 is 0. The smallest absolute Gasteiger partial charge is 0.322 e. The Bertz CT molecular complexity index is 402. The Kier molecular flexibility index (Phi) is 18.5. The van der Waals surface area contributed by atoms with Crippen molar-refractivity contribution in [2.75, 3.05) is 6.54 Å². The van der Waals surface area contributed by atoms with E-state index < -0.39 is 5.97 Å². The first-order chi connectivity index (χ1) is 12.7. The highest BCUT2D eigenvalue weighted by Crippen LogP contribution is 2.10. The van der Waals surface area contributed by atoms with Crippen LogP contribution in [0.3, 0.4) is 0 Å². The van der Waals surface area contributed by atoms with Crippen molar-refractivity contribution in [3.8, 4) is 0 Å². The number of hydrogen-bond acceptors (Lipinski definition) is 2. The fraction of sp³-hybridized carbons (Fsp3) is 0.727. The molecular weight excluding hydrogens is 326 g/mol. The highest BCUT2D eigenvalue weighted by atomic mass is 16.4. The number of carbonyl (C=O) groups excluding carboxylic acids is 1. The molecule has 0 saturated carbocycles. The van der Waals surface area contributed by atoms with Crippen molar-refractivity contribution in [1.82, 2.24) is 5.32 Å². The second-order valence-electron chi connectivity index (χ2n) is 6.86. The van der Waals surface area contributed by atoms with Crippen LogP contribution in [0.2, 0.25) is 0 Å². The minimum absolute atomic E-state index is 0.157. The van der Waals surface area contributed by atoms with Crippen LogP contribution in [-0.2, 0) is 9.59 Å². The monoisotopic (exact) mass is 365 g/mol. The molecule has 0 aliphatic carbocycles. The molecule has 0 rings (SSSR count). The van der Waals surface area contributed by atoms with Crippen LogP contribution < -0.4 is 5.32 Å². The fourth-order valence-electron chi connectivity index (χ4n) is 2.71. The average Bonchev–Trinajstić information content (AvgIpc) is 2.62. The molecule has 0 bridgehead atoms. The van der Waals surface area contributed by atoms with Gasteiger partial charge in [0.05, 0.1) is 0 Å². The van der Waals surface area contributed by atoms with Crippen molar-refractivity contribution < 1.29 is 14.7 Å². The number of rotatable bonds is 18. The van der Waals surface area contributed by atoms with E-state index in [1.165, 1.54) is 57.8 Å². The molecule has 0 aromatic carbocycles. The Morgan fingerprint density at radius 1 is 0.769 bits per heavy atom. The van der Waals surface area contributed by atoms with Gasteiger partial charge in [-0.15, -0.1) is 0 Å². The summed E-state index contributed by atoms with van der Waals surface area (Å²) in [7, 11) is 0. The van der Waals surface area contributed by atoms with Gasteiger partial charge in [0.1, 0.15) is 6.54 Å². The molecule has 26 heavy (non-hydrogen) atoms. The lowest BCUT2D eigenvalue weighted by molar-refractivity contribution is -0.137. The van der Waals surface area contributed by atoms with Gasteiger partial charge in [0, 0.05) is 6.42 Å². The topological polar surface area (TPSA) is 66.4 Å². The minimum atomic E-state index is -0.993. The number of aliphatic carboxylic acids is 1. The largest absolute Gasteiger partial charge is 0.480 e. The molecular formula is C22H39NO3. The van der Waals surface area contributed by atoms with Gasteiger partial charge >= 0.3 is 5.97 Å². The summed E-state index contributed by atoms with van der Waals surface area (Å²) in [5.74, 6) is -1.15. The molecule has 2 N–H and O–H groups in total. The number of carboxylic acid groups (broad SMARTS) is 1. The van der Waals surface area contributed by atoms with Gasteiger partial charge in [0.25, 0.3) is 0 Å². The summed E-state index contributed by atoms with van der Waals surface area (Å²) in [6, 6.07) is 0. The zero-order valence-corrected chi connectivity index (χ0v) is 16.7. The molecule has 0 radical (unpaired) electrons. The highest BCUT2D eigenvalue weighted by molar-refractivity contribution is 5.80. The zero-order chi connectivity index (χ0) is 19.3. The van der Waals surface area contributed by atoms with E-state index in [-0.39, 0.29) is 12.5 Å². The van der Waals surface area contributed by atoms with Gasteiger partial charge in [-0.05, 0) is 38.5 Å². The third kappa shape index (κ3) is 20.5. The van der Waals surface area contributed by atoms with E-state index in [0.717, 1.165) is 25.7 Å². The highest BCUT2D eigenvalue weighted by Gasteiger charge is 2.02. The van der Waals surface area contributed by atoms with Gasteiger partial charge in [0.15, 0.2) is 0 Å². The van der Waals surface area contributed by atoms with Crippen LogP contribution in [0.1, 0.15) is 96.8 Å². The minimum Gasteiger partial charge on any atom is -0.480 e. The molecule has 0 heterocycles. The SMILES string of the molecule is CCCCC/C=C\C/C=C\CCCCCCCCCC(=O)NCC(=O)O. The predicted octanol–water partition coefficient (Wildman–Crippen LogP) is 5.78. The maximum Gasteiger partial charge on any atom is 0.322 e. The summed E-state index contributed by atoms with van der Waals surface area (Å²) in [5, 5.41) is 10.8. The van der Waals surface area contributed by atoms with Crippen molar-refractivity contribution in [3.63, 3.8) is 0 Å². The third-order valence-electron chi connectivity index (χ3n) is 4.29. The average molecular weight is 366 g/mol. The lowest BCUT2D eigenvalue weighted by Crippen LogP contribution is -2.28. The number of carboxylic acids is 1. The maximum atomic E-state index is 11.3. The van der Waals surface area contributed by atoms with Gasteiger partial charge < -0.3 is 10.4 Å². The Hall–Kier alpha value is -1.58. The summed E-state index contributed by atoms with van der Waals surface area (Å²) in [5.41, 5.74) is 0. The number of allylic oxidation sites excluding steroid dienone is 4. The Balaban J connectivity index is 3.25. The van der Waals surface area contributed by atoms with Gasteiger partial charge in [-0.3, -0.25) is 9.59 Å². The second-order valence-corrected chi connectivity index (χ2v) is 6.86. The molecule has 4 heteroatoms. The van der Waals surface area contributed by atoms with Crippen molar-refractivity contribution in [3.05, 3.63) is 24.3 Å². The van der Waals surface area contributed by atoms with E-state index in [1.54, 1.807) is 0 Å². The van der Waals surface area contributed by atoms with Crippen molar-refractivity contribution in [1.29, 1.82) is 0 Å². The lowest BCUT2D eigenvalue weighted by atomic mass is 10.1. The van der Waals surface area contributed by atoms with E-state index >= 15 is 0 Å². The summed E-state index contributed by atoms with van der Waals surface area (Å²) in [6.45, 7) is 1.96. The summed E-state index contributed by atoms with van der Waals surface area (Å²) in [6.07, 6.45) is 25.0. The van der Waals surface area contributed by atoms with Crippen LogP contribution in [0.4, 0.5) is 0 Å². The molecule has 0 aliphatic heterocycles. The van der Waals surface area contributed by atoms with Crippen LogP contribution in [0.15, 0.2) is 24.3 Å². The maximum absolute atomic E-state index is 11.3. The lowest BCUT2D eigenvalue weighted by Gasteiger charge is -2.03. The van der Waals surface area contributed by atoms with E-state index in [0.29, 0.717) is 6.42 Å². The van der Waals surface area contributed by atoms with E-state index in [9.17, 15) is 9.59 Å². The molecule has 0 spiro atoms. The zero-order valence-electron chi connectivity index (χ0n) is 16.7. The van der Waals surface area contributed by atoms with Crippen LogP contribution in [0.25, 0.3) is 0 Å². The van der Waals surface area contributed by atoms with Gasteiger partial charge in [-0.2, -0.15) is 0 Å². The molecule has 0 aromatic heterocycles. The standard InChI is InChI=1S/C22H39NO3/c1-2-3-4-5-6-7-8-9-10-11-12-13-14-15-16-17-18-19-21(24)23-20-22(25)26/h6-7,9-10H,2-5,8,11-20H2,1H3,(H,23,24)(H,25,26)/b7-6-,10-9-. The molecule has 0 aliphatic rings. The molecule has 0 aromatic rings. The first-order valence-corrected chi connectivity index (χ1v) is 10.4. The Morgan fingerprint density at radius 2 is 1.31 bits per heavy atom. The number of nitrogens with one attached hydrogen (secondary N) is 1. The summed E-state index contributed by atoms with van der Waals surface area (Å²) in [4.78, 5) is 21.6. The fourth-order valence-corrected chi connectivity index (χ4v) is 2.71. The number of unbranched alkanes of at least 4 members (excludes halogenated alkanes) is 10. The van der Waals surface area contributed by atoms with Crippen molar-refractivity contribution in [2.24, 2.45) is 0 Å². The molecule has 0 atom stereocenters. The molecule has 1 amide bonds. The first-order valence-electron chi connectivity index (χ1n) is 10.4. The van der Waals surface area contributed by atoms with Gasteiger partial charge in [-0.1, -0.05) is 76.2 Å². The van der Waals surface area contributed by atoms with Crippen LogP contribution >= 0.6 is 0 Å². The van der Waals surface area contributed by atoms with Gasteiger partial charge in [0.2, 0.25) is 5.91 Å². The third-order valence-corrected chi connectivity index (χ3v) is 4.29. The van der Waals surface area contributed by atoms with Crippen LogP contribution in [0, 0.1) is 0 Å². The Labute approximate surface area is 160 Å². The second kappa shape index (κ2) is 19.7. The van der Waals surface area contributed by atoms with Crippen LogP contribution in [-0.4, -0.2) is 23.5 Å². The number of amides is 1. The Morgan fingerprint density at radius 3 is 1.88 bits per heavy atom. The van der Waals surface area contributed by atoms with Crippen LogP contribution in [0.5, 0.6) is 0 Å². The molecule has 0 unspecified atom stereocenters. The van der Waals surface area contributed by atoms with Crippen molar-refractivity contribution in [2.45, 2.75) is 96.8 Å². The molecule has 150 valence electrons. The van der Waals surface area contributed by atoms with E-state index in [1.807, 2.05) is 0 Å². The van der Waals surface area contributed by atoms with E-state index in [2.05, 4.69) is 36.5 Å². The quantitative estimate of drug-likeness (QED) is 0.239. The van der Waals surface area contributed by atoms with Gasteiger partial charge in [-0.25, -0.2) is 0 Å². The normalized spacial score (nSPS) is 11.4. The summed E-state index contributed by atoms with van der Waals surface area (Å²) < 4.78 is 0. The predicted molar refractivity (Wildman–Crippen MR) is 109 cm³/mol. The van der Waals surface area contributed by atoms with Crippen molar-refractivity contribution >= 4 is 11.9 Å². The molecule has 0 fully saturated rings. The van der Waals surface area contributed by atoms with E-state index in [4.69, 9.17) is 5.11 Å². The molecule has 4 nitrogen and oxygen atoms in total. The number of hydrogen-bond donors (Lipinski definition) is 2. The number of carbonyl (C=O) groups is 2. The first kappa shape index (κ1) is 24.4. The molecule has 0 saturated heterocycles.